The standard InChI is InChI=1S/C19H23N3O6S2/c23-14(20-12-8-15(24)28-18(12)27)9-19(29)6-7-22(30)10-13(16(19)25)21-17(26)11-4-2-1-3-5-11/h1-5,12-13,18,27,29-30H,6-10H2,(H,20,23)(H,21,26). The number of cyclic esters (lactones) is 1. The van der Waals surface area contributed by atoms with Crippen LogP contribution in [0.15, 0.2) is 30.3 Å². The van der Waals surface area contributed by atoms with Gasteiger partial charge in [0.15, 0.2) is 5.78 Å². The quantitative estimate of drug-likeness (QED) is 0.307. The summed E-state index contributed by atoms with van der Waals surface area (Å²) in [6.07, 6.45) is -1.63. The number of nitrogens with one attached hydrogen (secondary N) is 2. The third kappa shape index (κ3) is 5.34. The molecule has 2 aliphatic rings. The van der Waals surface area contributed by atoms with Crippen LogP contribution in [0.4, 0.5) is 0 Å². The first-order chi connectivity index (χ1) is 14.2. The van der Waals surface area contributed by atoms with Crippen molar-refractivity contribution < 1.29 is 29.0 Å². The van der Waals surface area contributed by atoms with Gasteiger partial charge >= 0.3 is 5.97 Å². The molecule has 0 spiro atoms. The molecule has 0 aliphatic carbocycles. The lowest BCUT2D eigenvalue weighted by Crippen LogP contribution is -2.53. The highest BCUT2D eigenvalue weighted by Gasteiger charge is 2.45. The van der Waals surface area contributed by atoms with Gasteiger partial charge in [-0.05, 0) is 18.6 Å². The maximum Gasteiger partial charge on any atom is 0.310 e. The molecule has 0 saturated carbocycles. The Morgan fingerprint density at radius 1 is 1.23 bits per heavy atom. The van der Waals surface area contributed by atoms with E-state index in [2.05, 4.69) is 40.8 Å². The van der Waals surface area contributed by atoms with Crippen LogP contribution in [0.1, 0.15) is 29.6 Å². The van der Waals surface area contributed by atoms with Gasteiger partial charge in [0.25, 0.3) is 5.91 Å². The number of Topliss-reactive ketones (excluding diaryl/α,β-unsaturated/α-hetero) is 1. The zero-order valence-corrected chi connectivity index (χ0v) is 17.8. The minimum Gasteiger partial charge on any atom is -0.434 e. The first-order valence-corrected chi connectivity index (χ1v) is 10.3. The van der Waals surface area contributed by atoms with Crippen LogP contribution in [0, 0.1) is 0 Å². The number of hydrogen-bond acceptors (Lipinski definition) is 9. The van der Waals surface area contributed by atoms with Crippen molar-refractivity contribution in [2.75, 3.05) is 13.1 Å². The summed E-state index contributed by atoms with van der Waals surface area (Å²) in [7, 11) is 0. The molecular formula is C19H23N3O6S2. The highest BCUT2D eigenvalue weighted by atomic mass is 32.1. The van der Waals surface area contributed by atoms with Crippen LogP contribution in [0.5, 0.6) is 0 Å². The molecule has 2 amide bonds. The van der Waals surface area contributed by atoms with Crippen molar-refractivity contribution in [2.45, 2.75) is 42.4 Å². The summed E-state index contributed by atoms with van der Waals surface area (Å²) in [5.74, 6) is -1.99. The van der Waals surface area contributed by atoms with Crippen molar-refractivity contribution in [2.24, 2.45) is 0 Å². The van der Waals surface area contributed by atoms with E-state index in [1.54, 1.807) is 34.6 Å². The minimum absolute atomic E-state index is 0.152. The smallest absolute Gasteiger partial charge is 0.310 e. The molecule has 0 aromatic heterocycles. The number of ketones is 1. The van der Waals surface area contributed by atoms with Crippen molar-refractivity contribution in [1.82, 2.24) is 14.9 Å². The van der Waals surface area contributed by atoms with Crippen LogP contribution in [0.3, 0.4) is 0 Å². The molecule has 2 fully saturated rings. The Kier molecular flexibility index (Phi) is 7.06. The molecule has 3 rings (SSSR count). The van der Waals surface area contributed by atoms with Gasteiger partial charge in [0.2, 0.25) is 12.2 Å². The molecule has 30 heavy (non-hydrogen) atoms. The number of nitrogens with zero attached hydrogens (tertiary/aromatic N) is 1. The lowest BCUT2D eigenvalue weighted by molar-refractivity contribution is -0.155. The summed E-state index contributed by atoms with van der Waals surface area (Å²) in [6.45, 7) is 0.533. The van der Waals surface area contributed by atoms with Crippen molar-refractivity contribution in [3.63, 3.8) is 0 Å². The normalized spacial score (nSPS) is 29.8. The number of hydrogen-bond donors (Lipinski definition) is 5. The van der Waals surface area contributed by atoms with Crippen molar-refractivity contribution in [1.29, 1.82) is 0 Å². The number of amides is 2. The SMILES string of the molecule is O=C(CC1(S)CCN(S)CC(NC(=O)c2ccccc2)C1=O)NC1CC(=O)OC1O. The molecule has 9 nitrogen and oxygen atoms in total. The Morgan fingerprint density at radius 2 is 1.93 bits per heavy atom. The Bertz CT molecular complexity index is 839. The summed E-state index contributed by atoms with van der Waals surface area (Å²) >= 11 is 8.85. The number of thiol groups is 2. The summed E-state index contributed by atoms with van der Waals surface area (Å²) in [4.78, 5) is 49.5. The van der Waals surface area contributed by atoms with Crippen LogP contribution < -0.4 is 10.6 Å². The van der Waals surface area contributed by atoms with Crippen molar-refractivity contribution in [3.05, 3.63) is 35.9 Å². The van der Waals surface area contributed by atoms with Gasteiger partial charge in [0.1, 0.15) is 12.1 Å². The highest BCUT2D eigenvalue weighted by Crippen LogP contribution is 2.30. The van der Waals surface area contributed by atoms with E-state index in [4.69, 9.17) is 0 Å². The van der Waals surface area contributed by atoms with E-state index >= 15 is 0 Å². The fourth-order valence-corrected chi connectivity index (χ4v) is 4.12. The van der Waals surface area contributed by atoms with E-state index in [0.717, 1.165) is 0 Å². The second-order valence-electron chi connectivity index (χ2n) is 7.39. The fraction of sp³-hybridized carbons (Fsp3) is 0.474. The number of carbonyl (C=O) groups excluding carboxylic acids is 4. The molecule has 2 heterocycles. The molecule has 0 radical (unpaired) electrons. The van der Waals surface area contributed by atoms with Gasteiger partial charge in [-0.2, -0.15) is 12.6 Å². The van der Waals surface area contributed by atoms with E-state index in [1.165, 1.54) is 0 Å². The number of ether oxygens (including phenoxy) is 1. The number of esters is 1. The second kappa shape index (κ2) is 9.38. The van der Waals surface area contributed by atoms with Crippen LogP contribution in [-0.2, 0) is 19.1 Å². The zero-order valence-electron chi connectivity index (χ0n) is 16.0. The lowest BCUT2D eigenvalue weighted by atomic mass is 9.91. The second-order valence-corrected chi connectivity index (χ2v) is 8.81. The van der Waals surface area contributed by atoms with E-state index in [1.807, 2.05) is 0 Å². The predicted molar refractivity (Wildman–Crippen MR) is 113 cm³/mol. The van der Waals surface area contributed by atoms with Crippen LogP contribution in [0.25, 0.3) is 0 Å². The fourth-order valence-electron chi connectivity index (χ4n) is 3.46. The van der Waals surface area contributed by atoms with Crippen molar-refractivity contribution in [3.8, 4) is 0 Å². The average Bonchev–Trinajstić information content (AvgIpc) is 2.97. The molecule has 2 saturated heterocycles. The topological polar surface area (TPSA) is 125 Å². The third-order valence-corrected chi connectivity index (χ3v) is 6.04. The molecule has 2 aliphatic heterocycles. The van der Waals surface area contributed by atoms with E-state index in [9.17, 15) is 24.3 Å². The van der Waals surface area contributed by atoms with Crippen LogP contribution in [0.2, 0.25) is 0 Å². The van der Waals surface area contributed by atoms with Gasteiger partial charge in [-0.1, -0.05) is 31.0 Å². The number of rotatable bonds is 5. The summed E-state index contributed by atoms with van der Waals surface area (Å²) < 4.78 is 4.84. The number of aliphatic hydroxyl groups is 1. The summed E-state index contributed by atoms with van der Waals surface area (Å²) in [6, 6.07) is 6.68. The first kappa shape index (κ1) is 22.6. The molecule has 4 atom stereocenters. The molecule has 1 aromatic rings. The van der Waals surface area contributed by atoms with Crippen LogP contribution >= 0.6 is 25.4 Å². The van der Waals surface area contributed by atoms with Gasteiger partial charge in [-0.3, -0.25) is 23.5 Å². The Labute approximate surface area is 184 Å². The number of carbonyl (C=O) groups is 4. The van der Waals surface area contributed by atoms with Gasteiger partial charge in [0, 0.05) is 25.1 Å². The Morgan fingerprint density at radius 3 is 2.57 bits per heavy atom. The minimum atomic E-state index is -1.42. The molecule has 4 unspecified atom stereocenters. The van der Waals surface area contributed by atoms with Gasteiger partial charge in [-0.15, -0.1) is 0 Å². The van der Waals surface area contributed by atoms with Crippen LogP contribution in [-0.4, -0.2) is 69.2 Å². The largest absolute Gasteiger partial charge is 0.434 e. The molecule has 11 heteroatoms. The average molecular weight is 454 g/mol. The van der Waals surface area contributed by atoms with E-state index in [0.29, 0.717) is 12.1 Å². The molecule has 162 valence electrons. The zero-order chi connectivity index (χ0) is 21.9. The molecule has 0 bridgehead atoms. The lowest BCUT2D eigenvalue weighted by Gasteiger charge is -2.28. The number of benzene rings is 1. The van der Waals surface area contributed by atoms with Gasteiger partial charge < -0.3 is 20.5 Å². The Balaban J connectivity index is 1.69. The summed E-state index contributed by atoms with van der Waals surface area (Å²) in [5.41, 5.74) is 0.405. The molecule has 1 aromatic carbocycles. The maximum absolute atomic E-state index is 13.2. The van der Waals surface area contributed by atoms with Gasteiger partial charge in [-0.25, -0.2) is 0 Å². The number of aliphatic hydroxyl groups excluding tert-OH is 1. The highest BCUT2D eigenvalue weighted by molar-refractivity contribution is 7.82. The van der Waals surface area contributed by atoms with E-state index in [-0.39, 0.29) is 25.8 Å². The van der Waals surface area contributed by atoms with E-state index < -0.39 is 46.7 Å². The molecular weight excluding hydrogens is 430 g/mol. The molecule has 3 N–H and O–H groups in total. The van der Waals surface area contributed by atoms with Crippen molar-refractivity contribution >= 4 is 49.0 Å². The predicted octanol–water partition coefficient (Wildman–Crippen LogP) is -0.287. The third-order valence-electron chi connectivity index (χ3n) is 5.08. The van der Waals surface area contributed by atoms with Gasteiger partial charge in [0.05, 0.1) is 11.2 Å². The maximum atomic E-state index is 13.2. The monoisotopic (exact) mass is 453 g/mol. The summed E-state index contributed by atoms with van der Waals surface area (Å²) in [5, 5.41) is 14.9. The first-order valence-electron chi connectivity index (χ1n) is 9.41. The Hall–Kier alpha value is -2.08.